The van der Waals surface area contributed by atoms with Crippen LogP contribution in [0.2, 0.25) is 0 Å². The highest BCUT2D eigenvalue weighted by atomic mass is 32.2. The van der Waals surface area contributed by atoms with Crippen LogP contribution in [-0.2, 0) is 28.9 Å². The van der Waals surface area contributed by atoms with E-state index in [1.165, 1.54) is 33.3 Å². The molecule has 1 fully saturated rings. The van der Waals surface area contributed by atoms with Crippen LogP contribution in [0, 0.1) is 5.82 Å². The molecule has 1 aliphatic heterocycles. The lowest BCUT2D eigenvalue weighted by Gasteiger charge is -2.25. The van der Waals surface area contributed by atoms with Crippen molar-refractivity contribution < 1.29 is 22.3 Å². The first-order chi connectivity index (χ1) is 15.3. The summed E-state index contributed by atoms with van der Waals surface area (Å²) in [7, 11) is -0.334. The Kier molecular flexibility index (Phi) is 6.13. The Hall–Kier alpha value is -3.02. The molecule has 0 unspecified atom stereocenters. The van der Waals surface area contributed by atoms with Crippen molar-refractivity contribution in [2.45, 2.75) is 10.9 Å². The molecule has 0 bridgehead atoms. The number of ether oxygens (including phenoxy) is 1. The minimum absolute atomic E-state index is 0.0439. The maximum absolute atomic E-state index is 13.4. The van der Waals surface area contributed by atoms with E-state index >= 15 is 0 Å². The van der Waals surface area contributed by atoms with E-state index in [0.717, 1.165) is 0 Å². The summed E-state index contributed by atoms with van der Waals surface area (Å²) >= 11 is 0. The van der Waals surface area contributed by atoms with E-state index in [2.05, 4.69) is 10.3 Å². The quantitative estimate of drug-likeness (QED) is 0.599. The van der Waals surface area contributed by atoms with E-state index in [9.17, 15) is 17.6 Å². The topological polar surface area (TPSA) is 98.5 Å². The lowest BCUT2D eigenvalue weighted by Crippen LogP contribution is -2.40. The molecule has 2 aromatic heterocycles. The lowest BCUT2D eigenvalue weighted by molar-refractivity contribution is 0.0730. The maximum atomic E-state index is 13.4. The largest absolute Gasteiger partial charge is 0.379 e. The molecular weight excluding hydrogens is 437 g/mol. The van der Waals surface area contributed by atoms with E-state index in [4.69, 9.17) is 4.74 Å². The van der Waals surface area contributed by atoms with Crippen molar-refractivity contribution in [2.24, 2.45) is 14.1 Å². The van der Waals surface area contributed by atoms with Gasteiger partial charge in [0.05, 0.1) is 13.2 Å². The molecule has 1 amide bonds. The van der Waals surface area contributed by atoms with Gasteiger partial charge in [-0.05, 0) is 23.8 Å². The Balaban J connectivity index is 1.63. The Bertz CT molecular complexity index is 1210. The van der Waals surface area contributed by atoms with Crippen molar-refractivity contribution in [1.29, 1.82) is 0 Å². The van der Waals surface area contributed by atoms with E-state index in [1.54, 1.807) is 43.2 Å². The molecule has 3 heterocycles. The van der Waals surface area contributed by atoms with Crippen LogP contribution in [0.25, 0.3) is 0 Å². The molecule has 0 spiro atoms. The van der Waals surface area contributed by atoms with Crippen LogP contribution < -0.4 is 5.32 Å². The Morgan fingerprint density at radius 1 is 1.16 bits per heavy atom. The Morgan fingerprint density at radius 2 is 1.84 bits per heavy atom. The van der Waals surface area contributed by atoms with Gasteiger partial charge in [-0.3, -0.25) is 4.79 Å². The molecule has 32 heavy (non-hydrogen) atoms. The first-order valence-electron chi connectivity index (χ1n) is 10.0. The van der Waals surface area contributed by atoms with E-state index in [1.807, 2.05) is 0 Å². The number of rotatable bonds is 6. The van der Waals surface area contributed by atoms with Crippen molar-refractivity contribution in [2.75, 3.05) is 26.3 Å². The number of imidazole rings is 1. The van der Waals surface area contributed by atoms with E-state index in [-0.39, 0.29) is 29.5 Å². The second-order valence-electron chi connectivity index (χ2n) is 7.54. The van der Waals surface area contributed by atoms with Crippen LogP contribution in [0.1, 0.15) is 27.9 Å². The number of nitrogens with zero attached hydrogens (tertiary/aromatic N) is 4. The van der Waals surface area contributed by atoms with E-state index in [0.29, 0.717) is 24.6 Å². The second-order valence-corrected chi connectivity index (χ2v) is 9.48. The number of benzene rings is 1. The van der Waals surface area contributed by atoms with Crippen LogP contribution in [0.15, 0.2) is 53.8 Å². The van der Waals surface area contributed by atoms with Crippen molar-refractivity contribution in [3.05, 3.63) is 71.8 Å². The summed E-state index contributed by atoms with van der Waals surface area (Å²) in [5.41, 5.74) is 0.822. The number of aromatic nitrogens is 3. The number of aryl methyl sites for hydroxylation is 2. The highest BCUT2D eigenvalue weighted by Crippen LogP contribution is 2.23. The van der Waals surface area contributed by atoms with Crippen molar-refractivity contribution in [3.63, 3.8) is 0 Å². The maximum Gasteiger partial charge on any atom is 0.268 e. The molecule has 0 aliphatic carbocycles. The fourth-order valence-electron chi connectivity index (χ4n) is 3.65. The van der Waals surface area contributed by atoms with Gasteiger partial charge in [-0.2, -0.15) is 4.31 Å². The predicted octanol–water partition coefficient (Wildman–Crippen LogP) is 1.44. The number of nitrogens with one attached hydrogen (secondary N) is 1. The molecule has 170 valence electrons. The van der Waals surface area contributed by atoms with Gasteiger partial charge in [-0.1, -0.05) is 12.1 Å². The molecule has 1 aliphatic rings. The molecule has 9 nitrogen and oxygen atoms in total. The third-order valence-corrected chi connectivity index (χ3v) is 7.28. The van der Waals surface area contributed by atoms with Gasteiger partial charge in [0, 0.05) is 45.8 Å². The number of sulfonamides is 1. The van der Waals surface area contributed by atoms with Crippen molar-refractivity contribution in [3.8, 4) is 0 Å². The zero-order chi connectivity index (χ0) is 22.9. The predicted molar refractivity (Wildman–Crippen MR) is 114 cm³/mol. The number of morpholine rings is 1. The van der Waals surface area contributed by atoms with Crippen LogP contribution in [-0.4, -0.2) is 59.1 Å². The molecular formula is C21H24FN5O4S. The minimum Gasteiger partial charge on any atom is -0.379 e. The highest BCUT2D eigenvalue weighted by molar-refractivity contribution is 7.89. The molecule has 1 N–H and O–H groups in total. The summed E-state index contributed by atoms with van der Waals surface area (Å²) in [6, 6.07) is 6.49. The molecule has 1 atom stereocenters. The van der Waals surface area contributed by atoms with Crippen LogP contribution in [0.5, 0.6) is 0 Å². The summed E-state index contributed by atoms with van der Waals surface area (Å²) in [6.45, 7) is 1.21. The van der Waals surface area contributed by atoms with Gasteiger partial charge in [0.2, 0.25) is 10.0 Å². The third-order valence-electron chi connectivity index (χ3n) is 5.42. The summed E-state index contributed by atoms with van der Waals surface area (Å²) in [5.74, 6) is -0.312. The van der Waals surface area contributed by atoms with Crippen molar-refractivity contribution >= 4 is 15.9 Å². The molecule has 0 saturated carbocycles. The van der Waals surface area contributed by atoms with Gasteiger partial charge in [0.15, 0.2) is 0 Å². The minimum atomic E-state index is -3.74. The van der Waals surface area contributed by atoms with Gasteiger partial charge in [-0.25, -0.2) is 17.8 Å². The Morgan fingerprint density at radius 3 is 2.47 bits per heavy atom. The SMILES string of the molecule is Cn1cc(S(=O)(=O)N2CCOCC2)cc1C(=O)N[C@@H](c1ccc(F)cc1)c1nccn1C. The number of hydrogen-bond acceptors (Lipinski definition) is 5. The average molecular weight is 462 g/mol. The van der Waals surface area contributed by atoms with Gasteiger partial charge in [0.1, 0.15) is 28.3 Å². The number of halogens is 1. The summed E-state index contributed by atoms with van der Waals surface area (Å²) in [5, 5.41) is 2.90. The average Bonchev–Trinajstić information content (AvgIpc) is 3.39. The van der Waals surface area contributed by atoms with Gasteiger partial charge >= 0.3 is 0 Å². The molecule has 11 heteroatoms. The number of amides is 1. The van der Waals surface area contributed by atoms with Crippen LogP contribution >= 0.6 is 0 Å². The fraction of sp³-hybridized carbons (Fsp3) is 0.333. The zero-order valence-corrected chi connectivity index (χ0v) is 18.5. The van der Waals surface area contributed by atoms with Crippen molar-refractivity contribution in [1.82, 2.24) is 23.7 Å². The normalized spacial score (nSPS) is 16.1. The smallest absolute Gasteiger partial charge is 0.268 e. The summed E-state index contributed by atoms with van der Waals surface area (Å²) in [4.78, 5) is 17.5. The van der Waals surface area contributed by atoms with Gasteiger partial charge < -0.3 is 19.2 Å². The third kappa shape index (κ3) is 4.31. The number of hydrogen-bond donors (Lipinski definition) is 1. The molecule has 4 rings (SSSR count). The van der Waals surface area contributed by atoms with Gasteiger partial charge in [-0.15, -0.1) is 0 Å². The monoisotopic (exact) mass is 461 g/mol. The Labute approximate surface area is 185 Å². The lowest BCUT2D eigenvalue weighted by atomic mass is 10.1. The fourth-order valence-corrected chi connectivity index (χ4v) is 5.13. The highest BCUT2D eigenvalue weighted by Gasteiger charge is 2.30. The molecule has 0 radical (unpaired) electrons. The summed E-state index contributed by atoms with van der Waals surface area (Å²) < 4.78 is 49.2. The van der Waals surface area contributed by atoms with Gasteiger partial charge in [0.25, 0.3) is 5.91 Å². The number of carbonyl (C=O) groups excluding carboxylic acids is 1. The summed E-state index contributed by atoms with van der Waals surface area (Å²) in [6.07, 6.45) is 4.77. The zero-order valence-electron chi connectivity index (χ0n) is 17.7. The van der Waals surface area contributed by atoms with E-state index < -0.39 is 22.0 Å². The standard InChI is InChI=1S/C21H24FN5O4S/c1-25-8-7-23-20(25)19(15-3-5-16(22)6-4-15)24-21(28)18-13-17(14-26(18)2)32(29,30)27-9-11-31-12-10-27/h3-8,13-14,19H,9-12H2,1-2H3,(H,24,28)/t19-/m0/s1. The molecule has 1 saturated heterocycles. The number of carbonyl (C=O) groups is 1. The van der Waals surface area contributed by atoms with Crippen LogP contribution in [0.3, 0.4) is 0 Å². The molecule has 1 aromatic carbocycles. The first-order valence-corrected chi connectivity index (χ1v) is 11.5. The van der Waals surface area contributed by atoms with Crippen LogP contribution in [0.4, 0.5) is 4.39 Å². The second kappa shape index (κ2) is 8.85. The first kappa shape index (κ1) is 22.2. The molecule has 3 aromatic rings.